The second-order valence-electron chi connectivity index (χ2n) is 1.15. The van der Waals surface area contributed by atoms with Gasteiger partial charge in [-0.1, -0.05) is 0 Å². The highest BCUT2D eigenvalue weighted by molar-refractivity contribution is 5.27. The summed E-state index contributed by atoms with van der Waals surface area (Å²) in [5.74, 6) is 0. The number of allylic oxidation sites excluding steroid dienone is 1. The summed E-state index contributed by atoms with van der Waals surface area (Å²) in [5, 5.41) is 0. The molecule has 0 rings (SSSR count). The van der Waals surface area contributed by atoms with Gasteiger partial charge in [-0.05, 0) is 13.6 Å². The SMILES string of the molecule is C=N/C(C)=C\OC. The Hall–Kier alpha value is -0.790. The lowest BCUT2D eigenvalue weighted by Gasteiger charge is -1.86. The Kier molecular flexibility index (Phi) is 3.02. The first-order valence-corrected chi connectivity index (χ1v) is 1.97. The van der Waals surface area contributed by atoms with Crippen molar-refractivity contribution in [3.05, 3.63) is 12.0 Å². The van der Waals surface area contributed by atoms with Crippen LogP contribution in [0.5, 0.6) is 0 Å². The molecule has 0 aliphatic heterocycles. The molecule has 0 saturated carbocycles. The predicted octanol–water partition coefficient (Wildman–Crippen LogP) is 1.19. The standard InChI is InChI=1S/C5H9NO/c1-5(6-2)4-7-3/h4H,2H2,1,3H3/b5-4-. The van der Waals surface area contributed by atoms with Gasteiger partial charge in [-0.15, -0.1) is 0 Å². The summed E-state index contributed by atoms with van der Waals surface area (Å²) in [6.45, 7) is 5.10. The van der Waals surface area contributed by atoms with Crippen LogP contribution < -0.4 is 0 Å². The van der Waals surface area contributed by atoms with E-state index in [0.717, 1.165) is 5.70 Å². The summed E-state index contributed by atoms with van der Waals surface area (Å²) in [4.78, 5) is 3.56. The van der Waals surface area contributed by atoms with Crippen LogP contribution in [-0.4, -0.2) is 13.8 Å². The fourth-order valence-corrected chi connectivity index (χ4v) is 0.208. The molecule has 40 valence electrons. The third-order valence-electron chi connectivity index (χ3n) is 0.538. The molecule has 0 saturated heterocycles. The van der Waals surface area contributed by atoms with Crippen molar-refractivity contribution >= 4 is 6.72 Å². The third-order valence-corrected chi connectivity index (χ3v) is 0.538. The van der Waals surface area contributed by atoms with Gasteiger partial charge in [-0.25, -0.2) is 0 Å². The van der Waals surface area contributed by atoms with E-state index in [0.29, 0.717) is 0 Å². The van der Waals surface area contributed by atoms with Crippen molar-refractivity contribution in [2.45, 2.75) is 6.92 Å². The molecule has 0 spiro atoms. The summed E-state index contributed by atoms with van der Waals surface area (Å²) < 4.78 is 4.60. The molecule has 0 fully saturated rings. The van der Waals surface area contributed by atoms with E-state index in [9.17, 15) is 0 Å². The summed E-state index contributed by atoms with van der Waals surface area (Å²) in [6, 6.07) is 0. The van der Waals surface area contributed by atoms with E-state index in [1.807, 2.05) is 6.92 Å². The van der Waals surface area contributed by atoms with Crippen LogP contribution in [0.1, 0.15) is 6.92 Å². The molecule has 0 aliphatic carbocycles. The summed E-state index contributed by atoms with van der Waals surface area (Å²) in [7, 11) is 1.58. The predicted molar refractivity (Wildman–Crippen MR) is 30.3 cm³/mol. The van der Waals surface area contributed by atoms with Crippen LogP contribution in [0.4, 0.5) is 0 Å². The van der Waals surface area contributed by atoms with E-state index in [2.05, 4.69) is 16.4 Å². The number of ether oxygens (including phenoxy) is 1. The minimum Gasteiger partial charge on any atom is -0.502 e. The molecule has 0 aliphatic rings. The van der Waals surface area contributed by atoms with Crippen LogP contribution in [0.3, 0.4) is 0 Å². The smallest absolute Gasteiger partial charge is 0.104 e. The van der Waals surface area contributed by atoms with Crippen LogP contribution in [0.25, 0.3) is 0 Å². The van der Waals surface area contributed by atoms with Gasteiger partial charge in [-0.2, -0.15) is 0 Å². The highest BCUT2D eigenvalue weighted by Gasteiger charge is 1.73. The van der Waals surface area contributed by atoms with Gasteiger partial charge in [0.2, 0.25) is 0 Å². The van der Waals surface area contributed by atoms with Crippen molar-refractivity contribution in [2.24, 2.45) is 4.99 Å². The largest absolute Gasteiger partial charge is 0.502 e. The van der Waals surface area contributed by atoms with E-state index in [4.69, 9.17) is 0 Å². The van der Waals surface area contributed by atoms with Crippen molar-refractivity contribution in [1.82, 2.24) is 0 Å². The fraction of sp³-hybridized carbons (Fsp3) is 0.400. The van der Waals surface area contributed by atoms with Crippen LogP contribution >= 0.6 is 0 Å². The number of hydrogen-bond acceptors (Lipinski definition) is 2. The van der Waals surface area contributed by atoms with Crippen LogP contribution in [0.15, 0.2) is 17.0 Å². The second kappa shape index (κ2) is 3.40. The quantitative estimate of drug-likeness (QED) is 0.376. The minimum atomic E-state index is 0.794. The van der Waals surface area contributed by atoms with E-state index < -0.39 is 0 Å². The first-order chi connectivity index (χ1) is 3.31. The highest BCUT2D eigenvalue weighted by atomic mass is 16.5. The Morgan fingerprint density at radius 1 is 1.86 bits per heavy atom. The zero-order chi connectivity index (χ0) is 5.70. The van der Waals surface area contributed by atoms with E-state index >= 15 is 0 Å². The molecule has 0 aromatic heterocycles. The first-order valence-electron chi connectivity index (χ1n) is 1.97. The average molecular weight is 99.1 g/mol. The lowest BCUT2D eigenvalue weighted by molar-refractivity contribution is 0.334. The molecule has 2 heteroatoms. The Bertz CT molecular complexity index is 86.1. The van der Waals surface area contributed by atoms with Gasteiger partial charge in [0, 0.05) is 0 Å². The topological polar surface area (TPSA) is 21.6 Å². The van der Waals surface area contributed by atoms with Crippen LogP contribution in [0.2, 0.25) is 0 Å². The molecule has 0 atom stereocenters. The van der Waals surface area contributed by atoms with Crippen LogP contribution in [0, 0.1) is 0 Å². The maximum atomic E-state index is 4.60. The first kappa shape index (κ1) is 6.21. The molecule has 7 heavy (non-hydrogen) atoms. The third kappa shape index (κ3) is 3.03. The Balaban J connectivity index is 3.49. The number of hydrogen-bond donors (Lipinski definition) is 0. The van der Waals surface area contributed by atoms with Gasteiger partial charge in [0.25, 0.3) is 0 Å². The average Bonchev–Trinajstić information content (AvgIpc) is 1.68. The molecule has 0 aromatic rings. The van der Waals surface area contributed by atoms with Gasteiger partial charge in [0.15, 0.2) is 0 Å². The van der Waals surface area contributed by atoms with Gasteiger partial charge in [0.05, 0.1) is 12.8 Å². The zero-order valence-electron chi connectivity index (χ0n) is 4.64. The van der Waals surface area contributed by atoms with E-state index in [1.54, 1.807) is 7.11 Å². The van der Waals surface area contributed by atoms with Crippen molar-refractivity contribution in [1.29, 1.82) is 0 Å². The van der Waals surface area contributed by atoms with Gasteiger partial charge in [0.1, 0.15) is 6.26 Å². The van der Waals surface area contributed by atoms with Crippen molar-refractivity contribution in [2.75, 3.05) is 7.11 Å². The fourth-order valence-electron chi connectivity index (χ4n) is 0.208. The lowest BCUT2D eigenvalue weighted by Crippen LogP contribution is -1.69. The molecule has 0 heterocycles. The molecule has 0 bridgehead atoms. The molecule has 2 nitrogen and oxygen atoms in total. The molecule has 0 radical (unpaired) electrons. The van der Waals surface area contributed by atoms with E-state index in [-0.39, 0.29) is 0 Å². The number of nitrogens with zero attached hydrogens (tertiary/aromatic N) is 1. The van der Waals surface area contributed by atoms with Crippen molar-refractivity contribution < 1.29 is 4.74 Å². The second-order valence-corrected chi connectivity index (χ2v) is 1.15. The van der Waals surface area contributed by atoms with Gasteiger partial charge >= 0.3 is 0 Å². The van der Waals surface area contributed by atoms with Gasteiger partial charge in [-0.3, -0.25) is 4.99 Å². The summed E-state index contributed by atoms with van der Waals surface area (Å²) >= 11 is 0. The molecule has 0 amide bonds. The van der Waals surface area contributed by atoms with Crippen molar-refractivity contribution in [3.8, 4) is 0 Å². The summed E-state index contributed by atoms with van der Waals surface area (Å²) in [5.41, 5.74) is 0.794. The molecule has 0 N–H and O–H groups in total. The van der Waals surface area contributed by atoms with Gasteiger partial charge < -0.3 is 4.74 Å². The number of rotatable bonds is 2. The van der Waals surface area contributed by atoms with E-state index in [1.165, 1.54) is 6.26 Å². The number of methoxy groups -OCH3 is 1. The summed E-state index contributed by atoms with van der Waals surface area (Å²) in [6.07, 6.45) is 1.53. The Morgan fingerprint density at radius 3 is 2.57 bits per heavy atom. The monoisotopic (exact) mass is 99.1 g/mol. The zero-order valence-corrected chi connectivity index (χ0v) is 4.64. The lowest BCUT2D eigenvalue weighted by atomic mass is 10.6. The maximum Gasteiger partial charge on any atom is 0.104 e. The Morgan fingerprint density at radius 2 is 2.43 bits per heavy atom. The normalized spacial score (nSPS) is 10.9. The molecule has 0 aromatic carbocycles. The molecule has 0 unspecified atom stereocenters. The highest BCUT2D eigenvalue weighted by Crippen LogP contribution is 1.89. The number of aliphatic imine (C=N–C) groups is 1. The Labute approximate surface area is 43.5 Å². The maximum absolute atomic E-state index is 4.60. The minimum absolute atomic E-state index is 0.794. The molecular weight excluding hydrogens is 90.1 g/mol. The van der Waals surface area contributed by atoms with Crippen LogP contribution in [-0.2, 0) is 4.74 Å². The molecular formula is C5H9NO. The van der Waals surface area contributed by atoms with Crippen molar-refractivity contribution in [3.63, 3.8) is 0 Å².